The molecule has 29 heavy (non-hydrogen) atoms. The summed E-state index contributed by atoms with van der Waals surface area (Å²) < 4.78 is 25.5. The fourth-order valence-corrected chi connectivity index (χ4v) is 4.28. The number of anilines is 1. The maximum absolute atomic E-state index is 12.4. The second-order valence-electron chi connectivity index (χ2n) is 7.70. The minimum absolute atomic E-state index is 0.0875. The number of carbonyl (C=O) groups excluding carboxylic acids is 1. The number of nitrogens with one attached hydrogen (secondary N) is 2. The second-order valence-corrected chi connectivity index (χ2v) is 9.45. The third-order valence-electron chi connectivity index (χ3n) is 5.18. The van der Waals surface area contributed by atoms with Crippen LogP contribution in [0.2, 0.25) is 0 Å². The maximum Gasteiger partial charge on any atom is 0.229 e. The van der Waals surface area contributed by atoms with Gasteiger partial charge in [-0.3, -0.25) is 9.52 Å². The Kier molecular flexibility index (Phi) is 7.28. The van der Waals surface area contributed by atoms with Crippen molar-refractivity contribution in [3.8, 4) is 0 Å². The Balaban J connectivity index is 1.42. The van der Waals surface area contributed by atoms with Crippen molar-refractivity contribution >= 4 is 21.6 Å². The molecule has 0 bridgehead atoms. The van der Waals surface area contributed by atoms with E-state index in [2.05, 4.69) is 39.2 Å². The van der Waals surface area contributed by atoms with Gasteiger partial charge in [0.25, 0.3) is 0 Å². The first-order valence-electron chi connectivity index (χ1n) is 9.98. The van der Waals surface area contributed by atoms with Crippen LogP contribution < -0.4 is 10.0 Å². The van der Waals surface area contributed by atoms with Crippen LogP contribution in [0.4, 0.5) is 5.69 Å². The summed E-state index contributed by atoms with van der Waals surface area (Å²) in [6, 6.07) is 17.5. The molecule has 0 aliphatic carbocycles. The van der Waals surface area contributed by atoms with Crippen LogP contribution in [0.3, 0.4) is 0 Å². The minimum Gasteiger partial charge on any atom is -0.355 e. The molecule has 3 rings (SSSR count). The van der Waals surface area contributed by atoms with Gasteiger partial charge in [-0.05, 0) is 42.5 Å². The molecule has 1 atom stereocenters. The van der Waals surface area contributed by atoms with Gasteiger partial charge >= 0.3 is 0 Å². The summed E-state index contributed by atoms with van der Waals surface area (Å²) in [6.45, 7) is 3.76. The Labute approximate surface area is 173 Å². The number of sulfonamides is 1. The Morgan fingerprint density at radius 1 is 1.10 bits per heavy atom. The first kappa shape index (κ1) is 21.3. The maximum atomic E-state index is 12.4. The predicted molar refractivity (Wildman–Crippen MR) is 116 cm³/mol. The van der Waals surface area contributed by atoms with Gasteiger partial charge in [-0.25, -0.2) is 8.42 Å². The molecule has 2 aromatic carbocycles. The third-order valence-corrected chi connectivity index (χ3v) is 5.77. The molecule has 0 saturated carbocycles. The molecule has 1 heterocycles. The van der Waals surface area contributed by atoms with Crippen molar-refractivity contribution in [1.82, 2.24) is 10.2 Å². The van der Waals surface area contributed by atoms with E-state index in [-0.39, 0.29) is 12.3 Å². The lowest BCUT2D eigenvalue weighted by molar-refractivity contribution is -0.120. The number of nitrogens with zero attached hydrogens (tertiary/aromatic N) is 1. The van der Waals surface area contributed by atoms with Crippen molar-refractivity contribution in [2.24, 2.45) is 5.92 Å². The summed E-state index contributed by atoms with van der Waals surface area (Å²) in [6.07, 6.45) is 3.39. The molecule has 1 aliphatic rings. The van der Waals surface area contributed by atoms with Gasteiger partial charge in [-0.15, -0.1) is 0 Å². The molecule has 1 saturated heterocycles. The average Bonchev–Trinajstić information content (AvgIpc) is 3.14. The van der Waals surface area contributed by atoms with Crippen LogP contribution in [0.15, 0.2) is 54.6 Å². The van der Waals surface area contributed by atoms with Crippen LogP contribution in [0.1, 0.15) is 17.5 Å². The van der Waals surface area contributed by atoms with Crippen LogP contribution in [0.5, 0.6) is 0 Å². The van der Waals surface area contributed by atoms with E-state index in [1.54, 1.807) is 24.3 Å². The predicted octanol–water partition coefficient (Wildman–Crippen LogP) is 2.28. The van der Waals surface area contributed by atoms with Crippen molar-refractivity contribution in [3.05, 3.63) is 65.7 Å². The Hall–Kier alpha value is -2.38. The zero-order valence-electron chi connectivity index (χ0n) is 16.8. The van der Waals surface area contributed by atoms with E-state index in [9.17, 15) is 13.2 Å². The summed E-state index contributed by atoms with van der Waals surface area (Å²) in [4.78, 5) is 14.8. The number of amides is 1. The number of hydrogen-bond acceptors (Lipinski definition) is 4. The lowest BCUT2D eigenvalue weighted by Crippen LogP contribution is -2.32. The summed E-state index contributed by atoms with van der Waals surface area (Å²) in [5.41, 5.74) is 2.48. The van der Waals surface area contributed by atoms with E-state index in [0.717, 1.165) is 38.7 Å². The van der Waals surface area contributed by atoms with Crippen LogP contribution in [0.25, 0.3) is 0 Å². The fourth-order valence-electron chi connectivity index (χ4n) is 3.68. The summed E-state index contributed by atoms with van der Waals surface area (Å²) in [7, 11) is -3.38. The van der Waals surface area contributed by atoms with Gasteiger partial charge in [0, 0.05) is 19.6 Å². The first-order chi connectivity index (χ1) is 13.9. The topological polar surface area (TPSA) is 78.5 Å². The van der Waals surface area contributed by atoms with Crippen LogP contribution in [0, 0.1) is 5.92 Å². The highest BCUT2D eigenvalue weighted by atomic mass is 32.2. The van der Waals surface area contributed by atoms with Gasteiger partial charge in [0.15, 0.2) is 0 Å². The van der Waals surface area contributed by atoms with Crippen molar-refractivity contribution in [1.29, 1.82) is 0 Å². The van der Waals surface area contributed by atoms with Gasteiger partial charge < -0.3 is 10.2 Å². The molecule has 2 N–H and O–H groups in total. The first-order valence-corrected chi connectivity index (χ1v) is 11.9. The molecule has 0 radical (unpaired) electrons. The smallest absolute Gasteiger partial charge is 0.229 e. The number of likely N-dealkylation sites (tertiary alicyclic amines) is 1. The highest BCUT2D eigenvalue weighted by Crippen LogP contribution is 2.18. The van der Waals surface area contributed by atoms with Crippen molar-refractivity contribution < 1.29 is 13.2 Å². The van der Waals surface area contributed by atoms with Gasteiger partial charge in [-0.2, -0.15) is 0 Å². The number of para-hydroxylation sites is 1. The number of rotatable bonds is 9. The fraction of sp³-hybridized carbons (Fsp3) is 0.409. The van der Waals surface area contributed by atoms with Crippen molar-refractivity contribution in [2.75, 3.05) is 37.2 Å². The number of hydrogen-bond donors (Lipinski definition) is 2. The SMILES string of the molecule is CS(=O)(=O)Nc1ccccc1CC(=O)NCC1CCN(CCc2ccccc2)C1. The van der Waals surface area contributed by atoms with E-state index in [1.165, 1.54) is 5.56 Å². The summed E-state index contributed by atoms with van der Waals surface area (Å²) in [5, 5.41) is 3.01. The average molecular weight is 416 g/mol. The highest BCUT2D eigenvalue weighted by Gasteiger charge is 2.22. The monoisotopic (exact) mass is 415 g/mol. The molecule has 1 unspecified atom stereocenters. The lowest BCUT2D eigenvalue weighted by atomic mass is 10.1. The van der Waals surface area contributed by atoms with Gasteiger partial charge in [0.1, 0.15) is 0 Å². The molecule has 1 aliphatic heterocycles. The molecule has 1 amide bonds. The van der Waals surface area contributed by atoms with E-state index in [1.807, 2.05) is 6.07 Å². The largest absolute Gasteiger partial charge is 0.355 e. The molecule has 6 nitrogen and oxygen atoms in total. The molecule has 156 valence electrons. The van der Waals surface area contributed by atoms with Crippen LogP contribution in [-0.2, 0) is 27.7 Å². The summed E-state index contributed by atoms with van der Waals surface area (Å²) in [5.74, 6) is 0.370. The van der Waals surface area contributed by atoms with E-state index in [4.69, 9.17) is 0 Å². The standard InChI is InChI=1S/C22H29N3O3S/c1-29(27,28)24-21-10-6-5-9-20(21)15-22(26)23-16-19-12-14-25(17-19)13-11-18-7-3-2-4-8-18/h2-10,19,24H,11-17H2,1H3,(H,23,26). The van der Waals surface area contributed by atoms with E-state index >= 15 is 0 Å². The van der Waals surface area contributed by atoms with Gasteiger partial charge in [-0.1, -0.05) is 48.5 Å². The van der Waals surface area contributed by atoms with E-state index < -0.39 is 10.0 Å². The summed E-state index contributed by atoms with van der Waals surface area (Å²) >= 11 is 0. The van der Waals surface area contributed by atoms with Crippen molar-refractivity contribution in [3.63, 3.8) is 0 Å². The zero-order valence-corrected chi connectivity index (χ0v) is 17.6. The third kappa shape index (κ3) is 7.18. The molecule has 7 heteroatoms. The minimum atomic E-state index is -3.38. The highest BCUT2D eigenvalue weighted by molar-refractivity contribution is 7.92. The molecule has 0 spiro atoms. The van der Waals surface area contributed by atoms with Crippen LogP contribution >= 0.6 is 0 Å². The molecule has 0 aromatic heterocycles. The molecule has 2 aromatic rings. The molecular formula is C22H29N3O3S. The Morgan fingerprint density at radius 2 is 1.83 bits per heavy atom. The Morgan fingerprint density at radius 3 is 2.59 bits per heavy atom. The lowest BCUT2D eigenvalue weighted by Gasteiger charge is -2.16. The Bertz CT molecular complexity index is 916. The zero-order chi connectivity index (χ0) is 20.7. The number of carbonyl (C=O) groups is 1. The second kappa shape index (κ2) is 9.89. The normalized spacial score (nSPS) is 17.2. The molecule has 1 fully saturated rings. The quantitative estimate of drug-likeness (QED) is 0.659. The van der Waals surface area contributed by atoms with Crippen molar-refractivity contribution in [2.45, 2.75) is 19.3 Å². The number of benzene rings is 2. The van der Waals surface area contributed by atoms with Gasteiger partial charge in [0.05, 0.1) is 18.4 Å². The van der Waals surface area contributed by atoms with Crippen LogP contribution in [-0.4, -0.2) is 51.7 Å². The van der Waals surface area contributed by atoms with E-state index in [0.29, 0.717) is 23.7 Å². The van der Waals surface area contributed by atoms with Gasteiger partial charge in [0.2, 0.25) is 15.9 Å². The molecular weight excluding hydrogens is 386 g/mol.